The summed E-state index contributed by atoms with van der Waals surface area (Å²) in [6, 6.07) is 29.0. The molecule has 36 heavy (non-hydrogen) atoms. The van der Waals surface area contributed by atoms with Crippen LogP contribution in [0.1, 0.15) is 61.6 Å². The molecule has 3 aromatic rings. The average molecular weight is 593 g/mol. The molecule has 0 radical (unpaired) electrons. The monoisotopic (exact) mass is 590 g/mol. The molecule has 1 saturated carbocycles. The molecule has 0 saturated heterocycles. The molecule has 0 nitrogen and oxygen atoms in total. The number of hydrogen-bond donors (Lipinski definition) is 0. The van der Waals surface area contributed by atoms with Crippen molar-refractivity contribution in [2.45, 2.75) is 57.8 Å². The Morgan fingerprint density at radius 2 is 1.56 bits per heavy atom. The number of benzene rings is 3. The van der Waals surface area contributed by atoms with E-state index in [2.05, 4.69) is 84.9 Å². The summed E-state index contributed by atoms with van der Waals surface area (Å²) in [4.78, 5) is 0. The van der Waals surface area contributed by atoms with Gasteiger partial charge in [0.1, 0.15) is 0 Å². The Morgan fingerprint density at radius 1 is 0.833 bits per heavy atom. The first-order valence-electron chi connectivity index (χ1n) is 12.7. The topological polar surface area (TPSA) is 0 Å². The summed E-state index contributed by atoms with van der Waals surface area (Å²) >= 11 is 1.65. The van der Waals surface area contributed by atoms with Crippen LogP contribution in [0, 0.1) is 18.1 Å². The van der Waals surface area contributed by atoms with Gasteiger partial charge in [0.05, 0.1) is 0 Å². The van der Waals surface area contributed by atoms with Gasteiger partial charge in [-0.25, -0.2) is 12.2 Å². The van der Waals surface area contributed by atoms with Crippen LogP contribution in [0.3, 0.4) is 0 Å². The van der Waals surface area contributed by atoms with E-state index in [1.807, 2.05) is 18.2 Å². The molecule has 3 aliphatic carbocycles. The minimum absolute atomic E-state index is 0. The van der Waals surface area contributed by atoms with Gasteiger partial charge in [-0.2, -0.15) is 35.9 Å². The smallest absolute Gasteiger partial charge is 0.0253 e. The second kappa shape index (κ2) is 17.1. The quantitative estimate of drug-likeness (QED) is 0.319. The molecule has 0 heterocycles. The molecule has 0 aliphatic heterocycles. The van der Waals surface area contributed by atoms with Crippen LogP contribution in [0.4, 0.5) is 0 Å². The largest absolute Gasteiger partial charge is 0.179 e. The second-order valence-electron chi connectivity index (χ2n) is 9.37. The minimum atomic E-state index is 0. The number of fused-ring (bicyclic) bond motifs is 3. The molecular formula is C33H34Cl2Zr-2. The van der Waals surface area contributed by atoms with Crippen LogP contribution in [0.2, 0.25) is 0 Å². The van der Waals surface area contributed by atoms with Gasteiger partial charge in [0, 0.05) is 0 Å². The third-order valence-corrected chi connectivity index (χ3v) is 7.66. The molecule has 0 spiro atoms. The van der Waals surface area contributed by atoms with Gasteiger partial charge in [0.15, 0.2) is 0 Å². The van der Waals surface area contributed by atoms with Crippen molar-refractivity contribution >= 4 is 3.21 Å². The zero-order valence-corrected chi connectivity index (χ0v) is 24.8. The summed E-state index contributed by atoms with van der Waals surface area (Å²) in [5, 5.41) is 0. The van der Waals surface area contributed by atoms with Crippen LogP contribution in [0.15, 0.2) is 91.0 Å². The third-order valence-electron chi connectivity index (χ3n) is 6.72. The van der Waals surface area contributed by atoms with Gasteiger partial charge in [0.25, 0.3) is 0 Å². The molecule has 3 heteroatoms. The summed E-state index contributed by atoms with van der Waals surface area (Å²) in [7, 11) is 0. The first-order valence-corrected chi connectivity index (χ1v) is 13.9. The number of rotatable bonds is 4. The second-order valence-corrected chi connectivity index (χ2v) is 11.1. The molecule has 0 bridgehead atoms. The fourth-order valence-corrected chi connectivity index (χ4v) is 6.20. The molecule has 0 atom stereocenters. The van der Waals surface area contributed by atoms with Crippen molar-refractivity contribution in [3.8, 4) is 11.1 Å². The summed E-state index contributed by atoms with van der Waals surface area (Å²) < 4.78 is 1.75. The van der Waals surface area contributed by atoms with Gasteiger partial charge in [0.2, 0.25) is 0 Å². The first-order chi connectivity index (χ1) is 16.8. The minimum Gasteiger partial charge on any atom is -0.179 e. The maximum Gasteiger partial charge on any atom is -0.0253 e. The Morgan fingerprint density at radius 3 is 2.25 bits per heavy atom. The Bertz CT molecular complexity index is 1060. The predicted octanol–water partition coefficient (Wildman–Crippen LogP) is 2.29. The average Bonchev–Trinajstić information content (AvgIpc) is 3.58. The molecule has 6 rings (SSSR count). The van der Waals surface area contributed by atoms with E-state index in [1.165, 1.54) is 72.8 Å². The molecule has 0 N–H and O–H groups in total. The van der Waals surface area contributed by atoms with E-state index >= 15 is 0 Å². The van der Waals surface area contributed by atoms with E-state index in [0.717, 1.165) is 18.8 Å². The van der Waals surface area contributed by atoms with Crippen molar-refractivity contribution in [1.82, 2.24) is 0 Å². The van der Waals surface area contributed by atoms with Crippen molar-refractivity contribution in [2.75, 3.05) is 0 Å². The summed E-state index contributed by atoms with van der Waals surface area (Å²) in [6.45, 7) is 0. The number of allylic oxidation sites excluding steroid dienone is 4. The molecule has 0 unspecified atom stereocenters. The fourth-order valence-electron chi connectivity index (χ4n) is 4.99. The maximum absolute atomic E-state index is 3.30. The van der Waals surface area contributed by atoms with Crippen molar-refractivity contribution in [3.63, 3.8) is 0 Å². The molecule has 186 valence electrons. The Kier molecular flexibility index (Phi) is 14.6. The van der Waals surface area contributed by atoms with Gasteiger partial charge < -0.3 is 24.8 Å². The van der Waals surface area contributed by atoms with Crippen molar-refractivity contribution in [1.29, 1.82) is 0 Å². The van der Waals surface area contributed by atoms with Gasteiger partial charge >= 0.3 is 114 Å². The van der Waals surface area contributed by atoms with Crippen LogP contribution in [0.25, 0.3) is 11.1 Å². The number of hydrogen-bond acceptors (Lipinski definition) is 0. The molecule has 1 fully saturated rings. The van der Waals surface area contributed by atoms with Gasteiger partial charge in [-0.15, -0.1) is 12.0 Å². The van der Waals surface area contributed by atoms with Crippen molar-refractivity contribution in [3.05, 3.63) is 120 Å². The Labute approximate surface area is 245 Å². The summed E-state index contributed by atoms with van der Waals surface area (Å²) in [5.74, 6) is 1.01. The zero-order valence-electron chi connectivity index (χ0n) is 20.9. The van der Waals surface area contributed by atoms with Crippen LogP contribution < -0.4 is 24.8 Å². The van der Waals surface area contributed by atoms with Gasteiger partial charge in [-0.1, -0.05) is 35.4 Å². The van der Waals surface area contributed by atoms with E-state index in [9.17, 15) is 0 Å². The van der Waals surface area contributed by atoms with Crippen LogP contribution in [-0.4, -0.2) is 3.21 Å². The van der Waals surface area contributed by atoms with Gasteiger partial charge in [-0.05, 0) is 6.42 Å². The van der Waals surface area contributed by atoms with Crippen LogP contribution in [0.5, 0.6) is 0 Å². The van der Waals surface area contributed by atoms with E-state index in [1.54, 1.807) is 27.4 Å². The van der Waals surface area contributed by atoms with Crippen LogP contribution in [-0.2, 0) is 37.1 Å². The van der Waals surface area contributed by atoms with E-state index in [0.29, 0.717) is 0 Å². The molecule has 0 amide bonds. The molecule has 3 aromatic carbocycles. The molecule has 3 aliphatic rings. The SMILES string of the molecule is [C-]1=CC=CC1.[Cl-].[Cl-].[Zr+2]=[C](Cc1ccccc1)CC1CCCCC1.[c-]1cccc2c1Cc1ccccc1-2. The Balaban J connectivity index is 0.000000205. The van der Waals surface area contributed by atoms with Gasteiger partial charge in [-0.3, -0.25) is 6.08 Å². The first kappa shape index (κ1) is 30.7. The zero-order chi connectivity index (χ0) is 23.4. The summed E-state index contributed by atoms with van der Waals surface area (Å²) in [6.07, 6.45) is 21.0. The predicted molar refractivity (Wildman–Crippen MR) is 141 cm³/mol. The number of halogens is 2. The maximum atomic E-state index is 3.30. The third kappa shape index (κ3) is 9.74. The van der Waals surface area contributed by atoms with E-state index in [4.69, 9.17) is 0 Å². The molecular weight excluding hydrogens is 558 g/mol. The standard InChI is InChI=1S/C15H20.C13H9.C5H5.2ClH.Zr/c1-3-8-14(9-4-1)12-7-13-15-10-5-2-6-11-15;1-3-7-12-10(5-1)9-11-6-2-4-8-13(11)12;1-2-4-5-3-1;;;/h1,3-4,8-9,15H,2,5-6,10-13H2;1-5,7-8H,9H2;1-3H,4H2;2*1H;/q;2*-1;;;+2/p-2. The van der Waals surface area contributed by atoms with E-state index in [-0.39, 0.29) is 24.8 Å². The Hall–Kier alpha value is -1.53. The fraction of sp³-hybridized carbons (Fsp3) is 0.303. The van der Waals surface area contributed by atoms with E-state index < -0.39 is 0 Å². The normalized spacial score (nSPS) is 14.6. The molecule has 0 aromatic heterocycles. The van der Waals surface area contributed by atoms with Crippen LogP contribution >= 0.6 is 0 Å². The van der Waals surface area contributed by atoms with Crippen molar-refractivity contribution in [2.24, 2.45) is 5.92 Å². The summed E-state index contributed by atoms with van der Waals surface area (Å²) in [5.41, 5.74) is 7.00. The van der Waals surface area contributed by atoms with Crippen molar-refractivity contribution < 1.29 is 49.0 Å².